The molecule has 0 atom stereocenters. The number of aromatic nitrogens is 1. The molecular weight excluding hydrogens is 482 g/mol. The summed E-state index contributed by atoms with van der Waals surface area (Å²) in [5, 5.41) is 3.90. The molecule has 7 aromatic rings. The SMILES string of the molecule is c1ccc(-c2c3c(c(-c4c[nH]c5ccccc45)c4ccccc24)C(c2ccccc2)(c2ccccc2)CC3)cc1. The van der Waals surface area contributed by atoms with Crippen LogP contribution in [0.1, 0.15) is 28.7 Å². The van der Waals surface area contributed by atoms with Gasteiger partial charge in [0.15, 0.2) is 0 Å². The first kappa shape index (κ1) is 23.0. The highest BCUT2D eigenvalue weighted by molar-refractivity contribution is 6.13. The van der Waals surface area contributed by atoms with E-state index in [0.717, 1.165) is 12.8 Å². The van der Waals surface area contributed by atoms with Gasteiger partial charge in [0, 0.05) is 28.1 Å². The second-order valence-electron chi connectivity index (χ2n) is 10.9. The number of nitrogens with one attached hydrogen (secondary N) is 1. The Morgan fingerprint density at radius 2 is 1.02 bits per heavy atom. The number of para-hydroxylation sites is 1. The molecule has 0 spiro atoms. The van der Waals surface area contributed by atoms with Gasteiger partial charge in [0.25, 0.3) is 0 Å². The zero-order valence-electron chi connectivity index (χ0n) is 22.3. The molecule has 190 valence electrons. The van der Waals surface area contributed by atoms with Crippen LogP contribution < -0.4 is 0 Å². The summed E-state index contributed by atoms with van der Waals surface area (Å²) in [4.78, 5) is 3.60. The predicted octanol–water partition coefficient (Wildman–Crippen LogP) is 9.94. The van der Waals surface area contributed by atoms with E-state index in [1.807, 2.05) is 0 Å². The minimum atomic E-state index is -0.265. The second-order valence-corrected chi connectivity index (χ2v) is 10.9. The molecule has 6 aromatic carbocycles. The van der Waals surface area contributed by atoms with Crippen LogP contribution in [0.2, 0.25) is 0 Å². The molecule has 1 heterocycles. The minimum Gasteiger partial charge on any atom is -0.361 e. The topological polar surface area (TPSA) is 15.8 Å². The van der Waals surface area contributed by atoms with Crippen LogP contribution in [0, 0.1) is 0 Å². The standard InChI is InChI=1S/C39H29N/c1-4-14-27(15-5-1)36-31-21-10-11-22-32(31)37(34-26-40-35-23-13-12-20-30(34)35)38-33(36)24-25-39(38,28-16-6-2-7-17-28)29-18-8-3-9-19-29/h1-23,26,40H,24-25H2. The largest absolute Gasteiger partial charge is 0.361 e. The van der Waals surface area contributed by atoms with Crippen LogP contribution in [0.4, 0.5) is 0 Å². The van der Waals surface area contributed by atoms with E-state index >= 15 is 0 Å². The number of rotatable bonds is 4. The van der Waals surface area contributed by atoms with E-state index in [1.54, 1.807) is 0 Å². The third kappa shape index (κ3) is 3.28. The summed E-state index contributed by atoms with van der Waals surface area (Å²) >= 11 is 0. The van der Waals surface area contributed by atoms with Gasteiger partial charge >= 0.3 is 0 Å². The molecule has 0 radical (unpaired) electrons. The van der Waals surface area contributed by atoms with Gasteiger partial charge in [-0.2, -0.15) is 0 Å². The van der Waals surface area contributed by atoms with Gasteiger partial charge in [-0.05, 0) is 68.6 Å². The first-order valence-corrected chi connectivity index (χ1v) is 14.2. The van der Waals surface area contributed by atoms with Crippen molar-refractivity contribution in [3.8, 4) is 22.3 Å². The Labute approximate surface area is 234 Å². The Balaban J connectivity index is 1.61. The molecule has 0 saturated carbocycles. The molecule has 1 aliphatic carbocycles. The Morgan fingerprint density at radius 1 is 0.500 bits per heavy atom. The van der Waals surface area contributed by atoms with Crippen molar-refractivity contribution < 1.29 is 0 Å². The first-order chi connectivity index (χ1) is 19.9. The average molecular weight is 512 g/mol. The van der Waals surface area contributed by atoms with Crippen LogP contribution in [-0.4, -0.2) is 4.98 Å². The average Bonchev–Trinajstić information content (AvgIpc) is 3.64. The van der Waals surface area contributed by atoms with Crippen molar-refractivity contribution in [1.29, 1.82) is 0 Å². The fourth-order valence-electron chi connectivity index (χ4n) is 7.33. The number of fused-ring (bicyclic) bond motifs is 3. The monoisotopic (exact) mass is 511 g/mol. The van der Waals surface area contributed by atoms with E-state index in [1.165, 1.54) is 66.2 Å². The molecule has 1 aromatic heterocycles. The number of hydrogen-bond donors (Lipinski definition) is 1. The number of aromatic amines is 1. The molecule has 0 saturated heterocycles. The van der Waals surface area contributed by atoms with Gasteiger partial charge in [-0.25, -0.2) is 0 Å². The molecule has 0 unspecified atom stereocenters. The van der Waals surface area contributed by atoms with Crippen LogP contribution in [0.25, 0.3) is 43.9 Å². The van der Waals surface area contributed by atoms with Gasteiger partial charge in [0.05, 0.1) is 0 Å². The van der Waals surface area contributed by atoms with Gasteiger partial charge in [-0.3, -0.25) is 0 Å². The van der Waals surface area contributed by atoms with Gasteiger partial charge in [0.2, 0.25) is 0 Å². The molecule has 8 rings (SSSR count). The van der Waals surface area contributed by atoms with Crippen LogP contribution in [0.3, 0.4) is 0 Å². The summed E-state index contributed by atoms with van der Waals surface area (Å²) in [6, 6.07) is 51.1. The van der Waals surface area contributed by atoms with Crippen molar-refractivity contribution in [2.24, 2.45) is 0 Å². The molecule has 40 heavy (non-hydrogen) atoms. The van der Waals surface area contributed by atoms with Gasteiger partial charge < -0.3 is 4.98 Å². The van der Waals surface area contributed by atoms with Crippen molar-refractivity contribution >= 4 is 21.7 Å². The highest BCUT2D eigenvalue weighted by Gasteiger charge is 2.45. The van der Waals surface area contributed by atoms with Crippen molar-refractivity contribution in [2.75, 3.05) is 0 Å². The van der Waals surface area contributed by atoms with Crippen LogP contribution in [0.5, 0.6) is 0 Å². The van der Waals surface area contributed by atoms with E-state index in [9.17, 15) is 0 Å². The number of H-pyrrole nitrogens is 1. The maximum absolute atomic E-state index is 3.60. The highest BCUT2D eigenvalue weighted by Crippen LogP contribution is 2.57. The lowest BCUT2D eigenvalue weighted by Gasteiger charge is -2.35. The summed E-state index contributed by atoms with van der Waals surface area (Å²) in [6.07, 6.45) is 4.28. The Kier molecular flexibility index (Phi) is 5.24. The van der Waals surface area contributed by atoms with Crippen molar-refractivity contribution in [2.45, 2.75) is 18.3 Å². The molecule has 1 nitrogen and oxygen atoms in total. The van der Waals surface area contributed by atoms with Crippen molar-refractivity contribution in [3.63, 3.8) is 0 Å². The zero-order valence-corrected chi connectivity index (χ0v) is 22.3. The van der Waals surface area contributed by atoms with Crippen molar-refractivity contribution in [3.05, 3.63) is 168 Å². The molecule has 0 bridgehead atoms. The summed E-state index contributed by atoms with van der Waals surface area (Å²) in [5.41, 5.74) is 11.8. The molecule has 0 aliphatic heterocycles. The fraction of sp³-hybridized carbons (Fsp3) is 0.0769. The fourth-order valence-corrected chi connectivity index (χ4v) is 7.33. The smallest absolute Gasteiger partial charge is 0.0463 e. The lowest BCUT2D eigenvalue weighted by Crippen LogP contribution is -2.27. The summed E-state index contributed by atoms with van der Waals surface area (Å²) in [7, 11) is 0. The zero-order chi connectivity index (χ0) is 26.5. The van der Waals surface area contributed by atoms with E-state index in [4.69, 9.17) is 0 Å². The quantitative estimate of drug-likeness (QED) is 0.242. The highest BCUT2D eigenvalue weighted by atomic mass is 14.7. The molecule has 0 amide bonds. The molecule has 1 heteroatoms. The Hall–Kier alpha value is -4.88. The number of benzene rings is 6. The lowest BCUT2D eigenvalue weighted by molar-refractivity contribution is 0.611. The van der Waals surface area contributed by atoms with Crippen LogP contribution in [-0.2, 0) is 11.8 Å². The van der Waals surface area contributed by atoms with E-state index < -0.39 is 0 Å². The number of hydrogen-bond acceptors (Lipinski definition) is 0. The molecule has 0 fully saturated rings. The summed E-state index contributed by atoms with van der Waals surface area (Å²) in [6.45, 7) is 0. The Bertz CT molecular complexity index is 1940. The predicted molar refractivity (Wildman–Crippen MR) is 168 cm³/mol. The van der Waals surface area contributed by atoms with Gasteiger partial charge in [-0.15, -0.1) is 0 Å². The maximum Gasteiger partial charge on any atom is 0.0463 e. The van der Waals surface area contributed by atoms with Crippen molar-refractivity contribution in [1.82, 2.24) is 4.98 Å². The first-order valence-electron chi connectivity index (χ1n) is 14.2. The van der Waals surface area contributed by atoms with E-state index in [2.05, 4.69) is 151 Å². The summed E-state index contributed by atoms with van der Waals surface area (Å²) in [5.74, 6) is 0. The lowest BCUT2D eigenvalue weighted by atomic mass is 9.67. The van der Waals surface area contributed by atoms with Gasteiger partial charge in [-0.1, -0.05) is 133 Å². The molecule has 1 N–H and O–H groups in total. The van der Waals surface area contributed by atoms with E-state index in [0.29, 0.717) is 0 Å². The van der Waals surface area contributed by atoms with Gasteiger partial charge in [0.1, 0.15) is 0 Å². The summed E-state index contributed by atoms with van der Waals surface area (Å²) < 4.78 is 0. The van der Waals surface area contributed by atoms with Crippen LogP contribution in [0.15, 0.2) is 146 Å². The Morgan fingerprint density at radius 3 is 1.68 bits per heavy atom. The van der Waals surface area contributed by atoms with Crippen LogP contribution >= 0.6 is 0 Å². The minimum absolute atomic E-state index is 0.265. The normalized spacial score (nSPS) is 14.0. The molecule has 1 aliphatic rings. The second kappa shape index (κ2) is 9.10. The third-order valence-electron chi connectivity index (χ3n) is 8.95. The maximum atomic E-state index is 3.60. The van der Waals surface area contributed by atoms with E-state index in [-0.39, 0.29) is 5.41 Å². The molecular formula is C39H29N. The third-order valence-corrected chi connectivity index (χ3v) is 8.95.